The maximum atomic E-state index is 6.29. The second kappa shape index (κ2) is 6.78. The molecule has 1 aliphatic carbocycles. The quantitative estimate of drug-likeness (QED) is 0.785. The first kappa shape index (κ1) is 14.2. The lowest BCUT2D eigenvalue weighted by Gasteiger charge is -2.22. The van der Waals surface area contributed by atoms with E-state index in [9.17, 15) is 0 Å². The highest BCUT2D eigenvalue weighted by atomic mass is 15.1. The van der Waals surface area contributed by atoms with Crippen LogP contribution < -0.4 is 5.73 Å². The van der Waals surface area contributed by atoms with Gasteiger partial charge in [0.2, 0.25) is 0 Å². The van der Waals surface area contributed by atoms with Crippen molar-refractivity contribution in [1.82, 2.24) is 9.55 Å². The zero-order chi connectivity index (χ0) is 13.7. The van der Waals surface area contributed by atoms with Gasteiger partial charge in [0.15, 0.2) is 0 Å². The minimum Gasteiger partial charge on any atom is -0.384 e. The highest BCUT2D eigenvalue weighted by molar-refractivity contribution is 5.39. The fourth-order valence-electron chi connectivity index (χ4n) is 3.06. The van der Waals surface area contributed by atoms with E-state index in [-0.39, 0.29) is 0 Å². The third-order valence-corrected chi connectivity index (χ3v) is 4.16. The number of rotatable bonds is 6. The van der Waals surface area contributed by atoms with Crippen molar-refractivity contribution in [3.8, 4) is 0 Å². The molecule has 1 aromatic heterocycles. The lowest BCUT2D eigenvalue weighted by Crippen LogP contribution is -2.13. The molecule has 0 aliphatic heterocycles. The number of nitrogens with zero attached hydrogens (tertiary/aromatic N) is 2. The number of unbranched alkanes of at least 4 members (excludes halogenated alkanes) is 1. The molecule has 1 heterocycles. The number of anilines is 1. The number of aromatic nitrogens is 2. The standard InChI is InChI=1S/C16H27N3/c1-3-5-11-14-15(17)19(12-4-2)16(18-14)13-9-7-6-8-10-13/h4,13H,2-3,5-12,17H2,1H3. The molecule has 0 unspecified atom stereocenters. The smallest absolute Gasteiger partial charge is 0.127 e. The molecule has 1 saturated carbocycles. The van der Waals surface area contributed by atoms with Gasteiger partial charge >= 0.3 is 0 Å². The first-order chi connectivity index (χ1) is 9.27. The van der Waals surface area contributed by atoms with Crippen molar-refractivity contribution in [2.75, 3.05) is 5.73 Å². The van der Waals surface area contributed by atoms with Gasteiger partial charge in [-0.05, 0) is 25.7 Å². The van der Waals surface area contributed by atoms with E-state index in [1.165, 1.54) is 50.8 Å². The predicted octanol–water partition coefficient (Wildman–Crippen LogP) is 4.04. The Hall–Kier alpha value is -1.25. The number of aryl methyl sites for hydroxylation is 1. The molecule has 0 spiro atoms. The molecule has 1 aliphatic rings. The van der Waals surface area contributed by atoms with E-state index in [2.05, 4.69) is 18.1 Å². The Bertz CT molecular complexity index is 414. The number of nitrogen functional groups attached to an aromatic ring is 1. The van der Waals surface area contributed by atoms with Crippen LogP contribution in [0.2, 0.25) is 0 Å². The van der Waals surface area contributed by atoms with Gasteiger partial charge in [-0.2, -0.15) is 0 Å². The normalized spacial score (nSPS) is 16.7. The van der Waals surface area contributed by atoms with Crippen LogP contribution in [-0.2, 0) is 13.0 Å². The van der Waals surface area contributed by atoms with Gasteiger partial charge in [-0.25, -0.2) is 4.98 Å². The molecule has 0 bridgehead atoms. The van der Waals surface area contributed by atoms with Gasteiger partial charge in [0.05, 0.1) is 5.69 Å². The Morgan fingerprint density at radius 1 is 1.37 bits per heavy atom. The summed E-state index contributed by atoms with van der Waals surface area (Å²) in [5.74, 6) is 2.68. The van der Waals surface area contributed by atoms with Crippen LogP contribution in [0.4, 0.5) is 5.82 Å². The van der Waals surface area contributed by atoms with Crippen LogP contribution in [0, 0.1) is 0 Å². The van der Waals surface area contributed by atoms with Crippen LogP contribution >= 0.6 is 0 Å². The Balaban J connectivity index is 2.25. The lowest BCUT2D eigenvalue weighted by molar-refractivity contribution is 0.419. The molecule has 3 nitrogen and oxygen atoms in total. The van der Waals surface area contributed by atoms with Crippen LogP contribution in [-0.4, -0.2) is 9.55 Å². The van der Waals surface area contributed by atoms with Crippen LogP contribution in [0.5, 0.6) is 0 Å². The third-order valence-electron chi connectivity index (χ3n) is 4.16. The Morgan fingerprint density at radius 3 is 2.74 bits per heavy atom. The Kier molecular flexibility index (Phi) is 5.06. The molecule has 0 saturated heterocycles. The van der Waals surface area contributed by atoms with Gasteiger partial charge in [0, 0.05) is 12.5 Å². The molecule has 0 amide bonds. The Labute approximate surface area is 116 Å². The first-order valence-electron chi connectivity index (χ1n) is 7.73. The number of nitrogens with two attached hydrogens (primary N) is 1. The van der Waals surface area contributed by atoms with Gasteiger partial charge in [-0.3, -0.25) is 0 Å². The van der Waals surface area contributed by atoms with E-state index in [0.717, 1.165) is 24.5 Å². The summed E-state index contributed by atoms with van der Waals surface area (Å²) in [6.45, 7) is 6.85. The molecule has 1 fully saturated rings. The molecule has 2 rings (SSSR count). The van der Waals surface area contributed by atoms with Gasteiger partial charge < -0.3 is 10.3 Å². The minimum atomic E-state index is 0.603. The summed E-state index contributed by atoms with van der Waals surface area (Å²) in [7, 11) is 0. The second-order valence-electron chi connectivity index (χ2n) is 5.64. The molecule has 0 aromatic carbocycles. The summed E-state index contributed by atoms with van der Waals surface area (Å²) >= 11 is 0. The molecule has 1 aromatic rings. The minimum absolute atomic E-state index is 0.603. The van der Waals surface area contributed by atoms with E-state index in [1.54, 1.807) is 0 Å². The van der Waals surface area contributed by atoms with Crippen molar-refractivity contribution in [1.29, 1.82) is 0 Å². The number of hydrogen-bond acceptors (Lipinski definition) is 2. The van der Waals surface area contributed by atoms with Crippen molar-refractivity contribution < 1.29 is 0 Å². The first-order valence-corrected chi connectivity index (χ1v) is 7.73. The van der Waals surface area contributed by atoms with E-state index in [4.69, 9.17) is 10.7 Å². The summed E-state index contributed by atoms with van der Waals surface area (Å²) in [6.07, 6.45) is 11.8. The number of allylic oxidation sites excluding steroid dienone is 1. The molecule has 0 atom stereocenters. The zero-order valence-electron chi connectivity index (χ0n) is 12.2. The van der Waals surface area contributed by atoms with Gasteiger partial charge in [0.25, 0.3) is 0 Å². The molecular weight excluding hydrogens is 234 g/mol. The van der Waals surface area contributed by atoms with Crippen molar-refractivity contribution in [2.24, 2.45) is 0 Å². The largest absolute Gasteiger partial charge is 0.384 e. The fraction of sp³-hybridized carbons (Fsp3) is 0.688. The SMILES string of the molecule is C=CCn1c(C2CCCCC2)nc(CCCC)c1N. The highest BCUT2D eigenvalue weighted by Crippen LogP contribution is 2.34. The fourth-order valence-corrected chi connectivity index (χ4v) is 3.06. The van der Waals surface area contributed by atoms with Crippen molar-refractivity contribution in [3.05, 3.63) is 24.2 Å². The van der Waals surface area contributed by atoms with Crippen LogP contribution in [0.15, 0.2) is 12.7 Å². The Morgan fingerprint density at radius 2 is 2.11 bits per heavy atom. The molecule has 3 heteroatoms. The summed E-state index contributed by atoms with van der Waals surface area (Å²) in [5.41, 5.74) is 7.39. The molecule has 0 radical (unpaired) electrons. The summed E-state index contributed by atoms with van der Waals surface area (Å²) < 4.78 is 2.19. The maximum absolute atomic E-state index is 6.29. The molecular formula is C16H27N3. The van der Waals surface area contributed by atoms with E-state index in [0.29, 0.717) is 5.92 Å². The van der Waals surface area contributed by atoms with E-state index >= 15 is 0 Å². The molecule has 19 heavy (non-hydrogen) atoms. The van der Waals surface area contributed by atoms with Crippen molar-refractivity contribution in [3.63, 3.8) is 0 Å². The van der Waals surface area contributed by atoms with Gasteiger partial charge in [-0.1, -0.05) is 38.7 Å². The van der Waals surface area contributed by atoms with Crippen molar-refractivity contribution in [2.45, 2.75) is 70.8 Å². The second-order valence-corrected chi connectivity index (χ2v) is 5.64. The topological polar surface area (TPSA) is 43.8 Å². The van der Waals surface area contributed by atoms with Crippen LogP contribution in [0.3, 0.4) is 0 Å². The lowest BCUT2D eigenvalue weighted by atomic mass is 9.88. The third kappa shape index (κ3) is 3.20. The van der Waals surface area contributed by atoms with E-state index < -0.39 is 0 Å². The summed E-state index contributed by atoms with van der Waals surface area (Å²) in [4.78, 5) is 4.88. The maximum Gasteiger partial charge on any atom is 0.127 e. The van der Waals surface area contributed by atoms with Crippen LogP contribution in [0.1, 0.15) is 69.3 Å². The predicted molar refractivity (Wildman–Crippen MR) is 81.3 cm³/mol. The number of imidazole rings is 1. The monoisotopic (exact) mass is 261 g/mol. The van der Waals surface area contributed by atoms with Gasteiger partial charge in [-0.15, -0.1) is 6.58 Å². The highest BCUT2D eigenvalue weighted by Gasteiger charge is 2.23. The summed E-state index contributed by atoms with van der Waals surface area (Å²) in [6, 6.07) is 0. The average Bonchev–Trinajstić information content (AvgIpc) is 2.75. The number of hydrogen-bond donors (Lipinski definition) is 1. The average molecular weight is 261 g/mol. The van der Waals surface area contributed by atoms with Crippen molar-refractivity contribution >= 4 is 5.82 Å². The van der Waals surface area contributed by atoms with Gasteiger partial charge in [0.1, 0.15) is 11.6 Å². The van der Waals surface area contributed by atoms with Crippen LogP contribution in [0.25, 0.3) is 0 Å². The molecule has 2 N–H and O–H groups in total. The summed E-state index contributed by atoms with van der Waals surface area (Å²) in [5, 5.41) is 0. The van der Waals surface area contributed by atoms with E-state index in [1.807, 2.05) is 6.08 Å². The zero-order valence-corrected chi connectivity index (χ0v) is 12.2. The molecule has 106 valence electrons.